The second-order valence-corrected chi connectivity index (χ2v) is 5.45. The molecule has 0 fully saturated rings. The molecule has 0 aromatic heterocycles. The standard InChI is InChI=1S/C18H23NO2/c1-13-5-10-17(14(2)11-13)18(20)12-19(3)15-6-8-16(21-4)9-7-15/h5-11,18,20H,12H2,1-4H3. The highest BCUT2D eigenvalue weighted by Gasteiger charge is 2.13. The van der Waals surface area contributed by atoms with E-state index in [1.165, 1.54) is 5.56 Å². The molecule has 0 saturated heterocycles. The zero-order chi connectivity index (χ0) is 15.4. The molecule has 0 amide bonds. The number of aliphatic hydroxyl groups excluding tert-OH is 1. The lowest BCUT2D eigenvalue weighted by Gasteiger charge is -2.24. The van der Waals surface area contributed by atoms with Gasteiger partial charge in [-0.1, -0.05) is 23.8 Å². The van der Waals surface area contributed by atoms with E-state index in [0.29, 0.717) is 6.54 Å². The molecule has 21 heavy (non-hydrogen) atoms. The summed E-state index contributed by atoms with van der Waals surface area (Å²) in [6.45, 7) is 4.65. The summed E-state index contributed by atoms with van der Waals surface area (Å²) in [6, 6.07) is 14.0. The van der Waals surface area contributed by atoms with Crippen LogP contribution in [0.3, 0.4) is 0 Å². The first-order valence-corrected chi connectivity index (χ1v) is 7.11. The molecule has 0 bridgehead atoms. The van der Waals surface area contributed by atoms with Gasteiger partial charge in [-0.25, -0.2) is 0 Å². The Morgan fingerprint density at radius 1 is 1.10 bits per heavy atom. The van der Waals surface area contributed by atoms with Crippen LogP contribution in [-0.2, 0) is 0 Å². The van der Waals surface area contributed by atoms with E-state index in [1.54, 1.807) is 7.11 Å². The van der Waals surface area contributed by atoms with Crippen LogP contribution in [0.5, 0.6) is 5.75 Å². The number of rotatable bonds is 5. The molecule has 0 aliphatic heterocycles. The van der Waals surface area contributed by atoms with Gasteiger partial charge in [0.15, 0.2) is 0 Å². The molecule has 1 N–H and O–H groups in total. The maximum atomic E-state index is 10.5. The van der Waals surface area contributed by atoms with E-state index in [-0.39, 0.29) is 0 Å². The van der Waals surface area contributed by atoms with Crippen molar-refractivity contribution in [2.24, 2.45) is 0 Å². The Morgan fingerprint density at radius 2 is 1.76 bits per heavy atom. The zero-order valence-corrected chi connectivity index (χ0v) is 13.1. The summed E-state index contributed by atoms with van der Waals surface area (Å²) in [4.78, 5) is 2.05. The fourth-order valence-corrected chi connectivity index (χ4v) is 2.50. The topological polar surface area (TPSA) is 32.7 Å². The van der Waals surface area contributed by atoms with Crippen molar-refractivity contribution in [2.45, 2.75) is 20.0 Å². The van der Waals surface area contributed by atoms with Gasteiger partial charge in [-0.2, -0.15) is 0 Å². The summed E-state index contributed by atoms with van der Waals surface area (Å²) in [7, 11) is 3.64. The van der Waals surface area contributed by atoms with E-state index in [2.05, 4.69) is 13.0 Å². The van der Waals surface area contributed by atoms with Crippen LogP contribution in [0.1, 0.15) is 22.8 Å². The predicted octanol–water partition coefficient (Wildman–Crippen LogP) is 3.48. The molecule has 0 saturated carbocycles. The second-order valence-electron chi connectivity index (χ2n) is 5.45. The number of anilines is 1. The van der Waals surface area contributed by atoms with Gasteiger partial charge in [0.2, 0.25) is 0 Å². The van der Waals surface area contributed by atoms with Gasteiger partial charge < -0.3 is 14.7 Å². The number of hydrogen-bond donors (Lipinski definition) is 1. The Labute approximate surface area is 126 Å². The SMILES string of the molecule is COc1ccc(N(C)CC(O)c2ccc(C)cc2C)cc1. The summed E-state index contributed by atoms with van der Waals surface area (Å²) in [6.07, 6.45) is -0.502. The highest BCUT2D eigenvalue weighted by atomic mass is 16.5. The Bertz CT molecular complexity index is 593. The van der Waals surface area contributed by atoms with Gasteiger partial charge in [-0.3, -0.25) is 0 Å². The lowest BCUT2D eigenvalue weighted by atomic mass is 10.0. The van der Waals surface area contributed by atoms with E-state index in [1.807, 2.05) is 55.3 Å². The first-order valence-electron chi connectivity index (χ1n) is 7.11. The van der Waals surface area contributed by atoms with Crippen molar-refractivity contribution in [1.82, 2.24) is 0 Å². The van der Waals surface area contributed by atoms with Crippen LogP contribution >= 0.6 is 0 Å². The number of nitrogens with zero attached hydrogens (tertiary/aromatic N) is 1. The summed E-state index contributed by atoms with van der Waals surface area (Å²) >= 11 is 0. The fraction of sp³-hybridized carbons (Fsp3) is 0.333. The summed E-state index contributed by atoms with van der Waals surface area (Å²) in [5.41, 5.74) is 4.39. The van der Waals surface area contributed by atoms with Crippen LogP contribution in [0.15, 0.2) is 42.5 Å². The minimum absolute atomic E-state index is 0.502. The molecule has 0 aliphatic carbocycles. The first kappa shape index (κ1) is 15.4. The molecule has 112 valence electrons. The predicted molar refractivity (Wildman–Crippen MR) is 87.1 cm³/mol. The Balaban J connectivity index is 2.08. The summed E-state index contributed by atoms with van der Waals surface area (Å²) in [5, 5.41) is 10.5. The van der Waals surface area contributed by atoms with Crippen LogP contribution < -0.4 is 9.64 Å². The number of methoxy groups -OCH3 is 1. The van der Waals surface area contributed by atoms with Crippen molar-refractivity contribution < 1.29 is 9.84 Å². The van der Waals surface area contributed by atoms with Crippen molar-refractivity contribution in [3.05, 3.63) is 59.2 Å². The molecule has 3 nitrogen and oxygen atoms in total. The van der Waals surface area contributed by atoms with Gasteiger partial charge in [0.25, 0.3) is 0 Å². The van der Waals surface area contributed by atoms with Gasteiger partial charge >= 0.3 is 0 Å². The normalized spacial score (nSPS) is 12.0. The summed E-state index contributed by atoms with van der Waals surface area (Å²) in [5.74, 6) is 0.835. The minimum atomic E-state index is -0.502. The molecule has 0 spiro atoms. The van der Waals surface area contributed by atoms with Crippen LogP contribution in [0, 0.1) is 13.8 Å². The van der Waals surface area contributed by atoms with Gasteiger partial charge in [-0.05, 0) is 49.2 Å². The molecule has 0 radical (unpaired) electrons. The van der Waals surface area contributed by atoms with Gasteiger partial charge in [0.1, 0.15) is 5.75 Å². The Kier molecular flexibility index (Phi) is 4.86. The zero-order valence-electron chi connectivity index (χ0n) is 13.1. The molecule has 2 aromatic carbocycles. The lowest BCUT2D eigenvalue weighted by Crippen LogP contribution is -2.24. The average molecular weight is 285 g/mol. The number of benzene rings is 2. The van der Waals surface area contributed by atoms with E-state index >= 15 is 0 Å². The van der Waals surface area contributed by atoms with Crippen molar-refractivity contribution in [1.29, 1.82) is 0 Å². The lowest BCUT2D eigenvalue weighted by molar-refractivity contribution is 0.184. The third-order valence-electron chi connectivity index (χ3n) is 3.74. The van der Waals surface area contributed by atoms with Gasteiger partial charge in [0, 0.05) is 19.3 Å². The maximum absolute atomic E-state index is 10.5. The second kappa shape index (κ2) is 6.64. The van der Waals surface area contributed by atoms with Crippen LogP contribution in [0.25, 0.3) is 0 Å². The first-order chi connectivity index (χ1) is 10.0. The maximum Gasteiger partial charge on any atom is 0.119 e. The van der Waals surface area contributed by atoms with E-state index in [0.717, 1.165) is 22.6 Å². The van der Waals surface area contributed by atoms with E-state index < -0.39 is 6.10 Å². The third-order valence-corrected chi connectivity index (χ3v) is 3.74. The molecule has 2 rings (SSSR count). The Hall–Kier alpha value is -2.00. The third kappa shape index (κ3) is 3.76. The fourth-order valence-electron chi connectivity index (χ4n) is 2.50. The van der Waals surface area contributed by atoms with E-state index in [4.69, 9.17) is 4.74 Å². The Morgan fingerprint density at radius 3 is 2.33 bits per heavy atom. The average Bonchev–Trinajstić information content (AvgIpc) is 2.47. The van der Waals surface area contributed by atoms with Crippen molar-refractivity contribution in [3.8, 4) is 5.75 Å². The minimum Gasteiger partial charge on any atom is -0.497 e. The molecule has 0 heterocycles. The number of aliphatic hydroxyl groups is 1. The number of ether oxygens (including phenoxy) is 1. The van der Waals surface area contributed by atoms with Gasteiger partial charge in [0.05, 0.1) is 13.2 Å². The smallest absolute Gasteiger partial charge is 0.119 e. The van der Waals surface area contributed by atoms with Crippen molar-refractivity contribution >= 4 is 5.69 Å². The molecule has 2 aromatic rings. The van der Waals surface area contributed by atoms with Crippen LogP contribution in [-0.4, -0.2) is 25.8 Å². The molecule has 1 atom stereocenters. The van der Waals surface area contributed by atoms with Crippen molar-refractivity contribution in [3.63, 3.8) is 0 Å². The van der Waals surface area contributed by atoms with Crippen LogP contribution in [0.2, 0.25) is 0 Å². The van der Waals surface area contributed by atoms with Crippen LogP contribution in [0.4, 0.5) is 5.69 Å². The molecule has 0 aliphatic rings. The molecular formula is C18H23NO2. The van der Waals surface area contributed by atoms with Gasteiger partial charge in [-0.15, -0.1) is 0 Å². The van der Waals surface area contributed by atoms with Crippen molar-refractivity contribution in [2.75, 3.05) is 25.6 Å². The quantitative estimate of drug-likeness (QED) is 0.913. The molecule has 1 unspecified atom stereocenters. The number of hydrogen-bond acceptors (Lipinski definition) is 3. The molecule has 3 heteroatoms. The van der Waals surface area contributed by atoms with E-state index in [9.17, 15) is 5.11 Å². The number of aryl methyl sites for hydroxylation is 2. The largest absolute Gasteiger partial charge is 0.497 e. The highest BCUT2D eigenvalue weighted by molar-refractivity contribution is 5.49. The highest BCUT2D eigenvalue weighted by Crippen LogP contribution is 2.23. The monoisotopic (exact) mass is 285 g/mol. The number of likely N-dealkylation sites (N-methyl/N-ethyl adjacent to an activating group) is 1. The molecular weight excluding hydrogens is 262 g/mol. The summed E-state index contributed by atoms with van der Waals surface area (Å²) < 4.78 is 5.16.